The van der Waals surface area contributed by atoms with Gasteiger partial charge in [-0.1, -0.05) is 6.07 Å². The number of benzene rings is 1. The smallest absolute Gasteiger partial charge is 0.243 e. The van der Waals surface area contributed by atoms with Gasteiger partial charge in [-0.05, 0) is 43.3 Å². The minimum absolute atomic E-state index is 0.226. The van der Waals surface area contributed by atoms with E-state index >= 15 is 0 Å². The van der Waals surface area contributed by atoms with E-state index in [4.69, 9.17) is 4.74 Å². The summed E-state index contributed by atoms with van der Waals surface area (Å²) >= 11 is 0. The zero-order chi connectivity index (χ0) is 18.4. The predicted octanol–water partition coefficient (Wildman–Crippen LogP) is 1.56. The molecule has 0 radical (unpaired) electrons. The Morgan fingerprint density at radius 2 is 1.92 bits per heavy atom. The number of ether oxygens (including phenoxy) is 1. The van der Waals surface area contributed by atoms with Crippen LogP contribution in [-0.4, -0.2) is 38.7 Å². The number of carbonyl (C=O) groups is 1. The minimum atomic E-state index is -3.65. The van der Waals surface area contributed by atoms with Gasteiger partial charge in [-0.3, -0.25) is 14.1 Å². The van der Waals surface area contributed by atoms with Gasteiger partial charge in [0.15, 0.2) is 0 Å². The van der Waals surface area contributed by atoms with Gasteiger partial charge in [-0.15, -0.1) is 0 Å². The minimum Gasteiger partial charge on any atom is -0.497 e. The number of pyridine rings is 1. The first-order valence-corrected chi connectivity index (χ1v) is 9.49. The Hall–Kier alpha value is -2.61. The van der Waals surface area contributed by atoms with E-state index in [-0.39, 0.29) is 6.54 Å². The highest BCUT2D eigenvalue weighted by Crippen LogP contribution is 2.23. The fraction of sp³-hybridized carbons (Fsp3) is 0.294. The summed E-state index contributed by atoms with van der Waals surface area (Å²) in [5.41, 5.74) is 1.09. The third-order valence-corrected chi connectivity index (χ3v) is 4.83. The van der Waals surface area contributed by atoms with Crippen LogP contribution in [0.5, 0.6) is 5.75 Å². The van der Waals surface area contributed by atoms with Crippen molar-refractivity contribution in [3.05, 3.63) is 54.4 Å². The lowest BCUT2D eigenvalue weighted by molar-refractivity contribution is -0.122. The highest BCUT2D eigenvalue weighted by Gasteiger charge is 2.29. The summed E-state index contributed by atoms with van der Waals surface area (Å²) in [4.78, 5) is 16.6. The van der Waals surface area contributed by atoms with E-state index in [0.29, 0.717) is 17.1 Å². The molecule has 0 aliphatic carbocycles. The molecule has 0 saturated heterocycles. The Labute approximate surface area is 147 Å². The molecule has 25 heavy (non-hydrogen) atoms. The van der Waals surface area contributed by atoms with Gasteiger partial charge in [0, 0.05) is 6.20 Å². The standard InChI is InChI=1S/C17H21N3O4S/c1-13(17(21)19-12-14-6-4-5-11-18-14)20(25(3,22)23)15-7-9-16(24-2)10-8-15/h4-11,13H,12H2,1-3H3,(H,19,21)/t13-/m1/s1. The summed E-state index contributed by atoms with van der Waals surface area (Å²) in [6.45, 7) is 1.77. The number of aromatic nitrogens is 1. The molecular formula is C17H21N3O4S. The molecule has 1 heterocycles. The van der Waals surface area contributed by atoms with E-state index in [1.807, 2.05) is 6.07 Å². The molecule has 1 aromatic heterocycles. The molecule has 0 spiro atoms. The maximum atomic E-state index is 12.4. The molecule has 1 aromatic carbocycles. The number of rotatable bonds is 7. The molecule has 0 fully saturated rings. The quantitative estimate of drug-likeness (QED) is 0.806. The molecule has 1 N–H and O–H groups in total. The number of anilines is 1. The number of amides is 1. The second kappa shape index (κ2) is 7.98. The van der Waals surface area contributed by atoms with Crippen LogP contribution >= 0.6 is 0 Å². The van der Waals surface area contributed by atoms with E-state index in [9.17, 15) is 13.2 Å². The van der Waals surface area contributed by atoms with E-state index < -0.39 is 22.0 Å². The number of nitrogens with one attached hydrogen (secondary N) is 1. The van der Waals surface area contributed by atoms with Crippen molar-refractivity contribution in [1.82, 2.24) is 10.3 Å². The molecule has 2 aromatic rings. The molecule has 7 nitrogen and oxygen atoms in total. The van der Waals surface area contributed by atoms with E-state index in [0.717, 1.165) is 10.6 Å². The number of nitrogens with zero attached hydrogens (tertiary/aromatic N) is 2. The van der Waals surface area contributed by atoms with E-state index in [2.05, 4.69) is 10.3 Å². The predicted molar refractivity (Wildman–Crippen MR) is 95.9 cm³/mol. The zero-order valence-electron chi connectivity index (χ0n) is 14.3. The Kier molecular flexibility index (Phi) is 5.97. The van der Waals surface area contributed by atoms with Crippen LogP contribution in [0.4, 0.5) is 5.69 Å². The van der Waals surface area contributed by atoms with Crippen LogP contribution in [0.15, 0.2) is 48.7 Å². The fourth-order valence-corrected chi connectivity index (χ4v) is 3.54. The summed E-state index contributed by atoms with van der Waals surface area (Å²) in [7, 11) is -2.12. The maximum absolute atomic E-state index is 12.4. The first-order chi connectivity index (χ1) is 11.8. The fourth-order valence-electron chi connectivity index (χ4n) is 2.37. The maximum Gasteiger partial charge on any atom is 0.243 e. The van der Waals surface area contributed by atoms with Crippen molar-refractivity contribution in [3.8, 4) is 5.75 Å². The molecule has 0 aliphatic heterocycles. The van der Waals surface area contributed by atoms with Crippen molar-refractivity contribution in [1.29, 1.82) is 0 Å². The highest BCUT2D eigenvalue weighted by molar-refractivity contribution is 7.92. The van der Waals surface area contributed by atoms with Gasteiger partial charge in [0.25, 0.3) is 0 Å². The van der Waals surface area contributed by atoms with E-state index in [1.165, 1.54) is 7.11 Å². The number of carbonyl (C=O) groups excluding carboxylic acids is 1. The van der Waals surface area contributed by atoms with Gasteiger partial charge in [0.2, 0.25) is 15.9 Å². The number of hydrogen-bond donors (Lipinski definition) is 1. The summed E-state index contributed by atoms with van der Waals surface area (Å²) in [6, 6.07) is 11.0. The van der Waals surface area contributed by atoms with Crippen molar-refractivity contribution in [2.75, 3.05) is 17.7 Å². The lowest BCUT2D eigenvalue weighted by Gasteiger charge is -2.28. The summed E-state index contributed by atoms with van der Waals surface area (Å²) in [6.07, 6.45) is 2.70. The molecular weight excluding hydrogens is 342 g/mol. The van der Waals surface area contributed by atoms with Crippen molar-refractivity contribution < 1.29 is 17.9 Å². The van der Waals surface area contributed by atoms with Gasteiger partial charge in [-0.2, -0.15) is 0 Å². The lowest BCUT2D eigenvalue weighted by Crippen LogP contribution is -2.47. The average Bonchev–Trinajstić information content (AvgIpc) is 2.60. The number of methoxy groups -OCH3 is 1. The lowest BCUT2D eigenvalue weighted by atomic mass is 10.2. The van der Waals surface area contributed by atoms with Gasteiger partial charge < -0.3 is 10.1 Å². The normalized spacial score (nSPS) is 12.3. The molecule has 134 valence electrons. The molecule has 8 heteroatoms. The first kappa shape index (κ1) is 18.7. The van der Waals surface area contributed by atoms with Gasteiger partial charge in [-0.25, -0.2) is 8.42 Å². The topological polar surface area (TPSA) is 88.6 Å². The van der Waals surface area contributed by atoms with Crippen LogP contribution in [0, 0.1) is 0 Å². The second-order valence-electron chi connectivity index (χ2n) is 5.47. The van der Waals surface area contributed by atoms with Gasteiger partial charge in [0.05, 0.1) is 31.3 Å². The molecule has 0 unspecified atom stereocenters. The van der Waals surface area contributed by atoms with Crippen LogP contribution in [0.25, 0.3) is 0 Å². The largest absolute Gasteiger partial charge is 0.497 e. The third kappa shape index (κ3) is 4.93. The Bertz CT molecular complexity index is 808. The Balaban J connectivity index is 2.17. The molecule has 0 aliphatic rings. The Morgan fingerprint density at radius 3 is 2.44 bits per heavy atom. The number of hydrogen-bond acceptors (Lipinski definition) is 5. The van der Waals surface area contributed by atoms with E-state index in [1.54, 1.807) is 49.5 Å². The summed E-state index contributed by atoms with van der Waals surface area (Å²) < 4.78 is 30.6. The summed E-state index contributed by atoms with van der Waals surface area (Å²) in [5, 5.41) is 2.71. The molecule has 0 bridgehead atoms. The van der Waals surface area contributed by atoms with Gasteiger partial charge in [0.1, 0.15) is 11.8 Å². The monoisotopic (exact) mass is 363 g/mol. The van der Waals surface area contributed by atoms with Crippen LogP contribution in [0.2, 0.25) is 0 Å². The van der Waals surface area contributed by atoms with Crippen LogP contribution in [0.1, 0.15) is 12.6 Å². The van der Waals surface area contributed by atoms with Gasteiger partial charge >= 0.3 is 0 Å². The number of sulfonamides is 1. The zero-order valence-corrected chi connectivity index (χ0v) is 15.2. The highest BCUT2D eigenvalue weighted by atomic mass is 32.2. The first-order valence-electron chi connectivity index (χ1n) is 7.64. The molecule has 2 rings (SSSR count). The second-order valence-corrected chi connectivity index (χ2v) is 7.33. The van der Waals surface area contributed by atoms with Crippen molar-refractivity contribution >= 4 is 21.6 Å². The SMILES string of the molecule is COc1ccc(N([C@H](C)C(=O)NCc2ccccn2)S(C)(=O)=O)cc1. The van der Waals surface area contributed by atoms with Crippen LogP contribution in [0.3, 0.4) is 0 Å². The van der Waals surface area contributed by atoms with Crippen LogP contribution in [-0.2, 0) is 21.4 Å². The van der Waals surface area contributed by atoms with Crippen molar-refractivity contribution in [2.45, 2.75) is 19.5 Å². The van der Waals surface area contributed by atoms with Crippen molar-refractivity contribution in [3.63, 3.8) is 0 Å². The molecule has 0 saturated carbocycles. The average molecular weight is 363 g/mol. The van der Waals surface area contributed by atoms with Crippen molar-refractivity contribution in [2.24, 2.45) is 0 Å². The van der Waals surface area contributed by atoms with Crippen LogP contribution < -0.4 is 14.4 Å². The third-order valence-electron chi connectivity index (χ3n) is 3.59. The summed E-state index contributed by atoms with van der Waals surface area (Å²) in [5.74, 6) is 0.191. The Morgan fingerprint density at radius 1 is 1.24 bits per heavy atom. The molecule has 1 amide bonds. The molecule has 1 atom stereocenters.